The molecule has 108 valence electrons. The molecule has 0 saturated carbocycles. The molecule has 0 aliphatic heterocycles. The van der Waals surface area contributed by atoms with Crippen LogP contribution in [0.25, 0.3) is 11.2 Å². The Bertz CT molecular complexity index is 770. The van der Waals surface area contributed by atoms with Gasteiger partial charge < -0.3 is 9.67 Å². The second-order valence-electron chi connectivity index (χ2n) is 5.10. The second-order valence-corrected chi connectivity index (χ2v) is 5.46. The summed E-state index contributed by atoms with van der Waals surface area (Å²) < 4.78 is 1.91. The largest absolute Gasteiger partial charge is 0.380 e. The first-order valence-electron chi connectivity index (χ1n) is 6.71. The molecule has 3 aromatic rings. The van der Waals surface area contributed by atoms with Gasteiger partial charge in [0.1, 0.15) is 11.6 Å². The lowest BCUT2D eigenvalue weighted by Gasteiger charge is -2.12. The van der Waals surface area contributed by atoms with Crippen molar-refractivity contribution in [3.8, 4) is 0 Å². The first kappa shape index (κ1) is 14.0. The van der Waals surface area contributed by atoms with E-state index >= 15 is 0 Å². The standard InChI is InChI=1S/C15H15ClN4O/c1-9(2)20-8-17-11-13(16)18-14(19-15(11)20)12(21)10-6-4-3-5-7-10/h3-9,12,21H,1-2H3. The Labute approximate surface area is 127 Å². The van der Waals surface area contributed by atoms with Gasteiger partial charge in [-0.3, -0.25) is 0 Å². The van der Waals surface area contributed by atoms with E-state index in [4.69, 9.17) is 11.6 Å². The number of imidazole rings is 1. The minimum Gasteiger partial charge on any atom is -0.380 e. The maximum atomic E-state index is 10.4. The monoisotopic (exact) mass is 302 g/mol. The molecule has 1 N–H and O–H groups in total. The average Bonchev–Trinajstić information content (AvgIpc) is 2.92. The minimum atomic E-state index is -0.913. The molecule has 5 nitrogen and oxygen atoms in total. The summed E-state index contributed by atoms with van der Waals surface area (Å²) in [4.78, 5) is 12.9. The molecular weight excluding hydrogens is 288 g/mol. The fourth-order valence-electron chi connectivity index (χ4n) is 2.18. The molecule has 2 aromatic heterocycles. The first-order chi connectivity index (χ1) is 10.1. The molecule has 0 amide bonds. The molecule has 2 heterocycles. The quantitative estimate of drug-likeness (QED) is 0.755. The zero-order valence-electron chi connectivity index (χ0n) is 11.7. The number of rotatable bonds is 3. The van der Waals surface area contributed by atoms with Gasteiger partial charge in [-0.05, 0) is 19.4 Å². The van der Waals surface area contributed by atoms with Crippen LogP contribution in [0.2, 0.25) is 5.15 Å². The van der Waals surface area contributed by atoms with Crippen LogP contribution in [-0.4, -0.2) is 24.6 Å². The van der Waals surface area contributed by atoms with Crippen LogP contribution >= 0.6 is 11.6 Å². The lowest BCUT2D eigenvalue weighted by Crippen LogP contribution is -2.08. The number of aliphatic hydroxyl groups is 1. The lowest BCUT2D eigenvalue weighted by atomic mass is 10.1. The number of fused-ring (bicyclic) bond motifs is 1. The van der Waals surface area contributed by atoms with Crippen LogP contribution in [0, 0.1) is 0 Å². The molecule has 0 spiro atoms. The van der Waals surface area contributed by atoms with E-state index in [9.17, 15) is 5.11 Å². The van der Waals surface area contributed by atoms with Crippen molar-refractivity contribution in [1.82, 2.24) is 19.5 Å². The summed E-state index contributed by atoms with van der Waals surface area (Å²) in [6, 6.07) is 9.45. The Morgan fingerprint density at radius 1 is 1.14 bits per heavy atom. The van der Waals surface area contributed by atoms with E-state index in [0.29, 0.717) is 11.2 Å². The predicted octanol–water partition coefficient (Wildman–Crippen LogP) is 3.14. The summed E-state index contributed by atoms with van der Waals surface area (Å²) in [5.41, 5.74) is 1.91. The van der Waals surface area contributed by atoms with Crippen LogP contribution in [0.4, 0.5) is 0 Å². The average molecular weight is 303 g/mol. The molecular formula is C15H15ClN4O. The van der Waals surface area contributed by atoms with Gasteiger partial charge in [0.05, 0.1) is 6.33 Å². The molecule has 3 rings (SSSR count). The molecule has 6 heteroatoms. The minimum absolute atomic E-state index is 0.197. The molecule has 0 radical (unpaired) electrons. The number of hydrogen-bond donors (Lipinski definition) is 1. The summed E-state index contributed by atoms with van der Waals surface area (Å²) in [5, 5.41) is 10.7. The zero-order chi connectivity index (χ0) is 15.0. The molecule has 1 unspecified atom stereocenters. The lowest BCUT2D eigenvalue weighted by molar-refractivity contribution is 0.210. The summed E-state index contributed by atoms with van der Waals surface area (Å²) >= 11 is 6.17. The van der Waals surface area contributed by atoms with Crippen LogP contribution in [0.15, 0.2) is 36.7 Å². The highest BCUT2D eigenvalue weighted by Crippen LogP contribution is 2.25. The molecule has 0 bridgehead atoms. The highest BCUT2D eigenvalue weighted by atomic mass is 35.5. The van der Waals surface area contributed by atoms with Gasteiger partial charge in [0.15, 0.2) is 16.6 Å². The summed E-state index contributed by atoms with van der Waals surface area (Å²) in [7, 11) is 0. The maximum absolute atomic E-state index is 10.4. The molecule has 0 fully saturated rings. The van der Waals surface area contributed by atoms with E-state index in [1.54, 1.807) is 6.33 Å². The highest BCUT2D eigenvalue weighted by molar-refractivity contribution is 6.33. The van der Waals surface area contributed by atoms with Gasteiger partial charge >= 0.3 is 0 Å². The Kier molecular flexibility index (Phi) is 3.61. The van der Waals surface area contributed by atoms with Gasteiger partial charge in [0.25, 0.3) is 0 Å². The fraction of sp³-hybridized carbons (Fsp3) is 0.267. The fourth-order valence-corrected chi connectivity index (χ4v) is 2.40. The first-order valence-corrected chi connectivity index (χ1v) is 7.08. The predicted molar refractivity (Wildman–Crippen MR) is 81.2 cm³/mol. The number of halogens is 1. The van der Waals surface area contributed by atoms with Gasteiger partial charge in [0.2, 0.25) is 0 Å². The van der Waals surface area contributed by atoms with Crippen LogP contribution < -0.4 is 0 Å². The Morgan fingerprint density at radius 3 is 2.52 bits per heavy atom. The van der Waals surface area contributed by atoms with Crippen LogP contribution in [0.1, 0.15) is 37.4 Å². The number of hydrogen-bond acceptors (Lipinski definition) is 4. The van der Waals surface area contributed by atoms with E-state index < -0.39 is 6.10 Å². The van der Waals surface area contributed by atoms with Crippen molar-refractivity contribution in [2.24, 2.45) is 0 Å². The third-order valence-corrected chi connectivity index (χ3v) is 3.58. The van der Waals surface area contributed by atoms with Crippen molar-refractivity contribution in [1.29, 1.82) is 0 Å². The number of benzene rings is 1. The van der Waals surface area contributed by atoms with Crippen LogP contribution in [-0.2, 0) is 0 Å². The van der Waals surface area contributed by atoms with Gasteiger partial charge in [-0.1, -0.05) is 41.9 Å². The SMILES string of the molecule is CC(C)n1cnc2c(Cl)nc(C(O)c3ccccc3)nc21. The molecule has 0 saturated heterocycles. The molecule has 0 aliphatic rings. The molecule has 21 heavy (non-hydrogen) atoms. The zero-order valence-corrected chi connectivity index (χ0v) is 12.5. The Balaban J connectivity index is 2.13. The Morgan fingerprint density at radius 2 is 1.86 bits per heavy atom. The van der Waals surface area contributed by atoms with Crippen molar-refractivity contribution in [3.05, 3.63) is 53.2 Å². The van der Waals surface area contributed by atoms with Crippen LogP contribution in [0.3, 0.4) is 0 Å². The third kappa shape index (κ3) is 2.50. The smallest absolute Gasteiger partial charge is 0.165 e. The topological polar surface area (TPSA) is 63.8 Å². The van der Waals surface area contributed by atoms with E-state index in [1.807, 2.05) is 48.7 Å². The van der Waals surface area contributed by atoms with Crippen molar-refractivity contribution in [2.45, 2.75) is 26.0 Å². The van der Waals surface area contributed by atoms with Crippen molar-refractivity contribution < 1.29 is 5.11 Å². The second kappa shape index (κ2) is 5.42. The normalized spacial score (nSPS) is 13.0. The number of nitrogens with zero attached hydrogens (tertiary/aromatic N) is 4. The number of aromatic nitrogens is 4. The van der Waals surface area contributed by atoms with E-state index in [-0.39, 0.29) is 17.0 Å². The summed E-state index contributed by atoms with van der Waals surface area (Å²) in [5.74, 6) is 0.279. The van der Waals surface area contributed by atoms with Gasteiger partial charge in [-0.25, -0.2) is 15.0 Å². The van der Waals surface area contributed by atoms with Crippen LogP contribution in [0.5, 0.6) is 0 Å². The van der Waals surface area contributed by atoms with E-state index in [1.165, 1.54) is 0 Å². The van der Waals surface area contributed by atoms with Crippen molar-refractivity contribution in [3.63, 3.8) is 0 Å². The van der Waals surface area contributed by atoms with Gasteiger partial charge in [-0.15, -0.1) is 0 Å². The van der Waals surface area contributed by atoms with Gasteiger partial charge in [-0.2, -0.15) is 0 Å². The third-order valence-electron chi connectivity index (χ3n) is 3.31. The van der Waals surface area contributed by atoms with E-state index in [2.05, 4.69) is 15.0 Å². The maximum Gasteiger partial charge on any atom is 0.165 e. The van der Waals surface area contributed by atoms with E-state index in [0.717, 1.165) is 5.56 Å². The number of aliphatic hydroxyl groups excluding tert-OH is 1. The molecule has 1 atom stereocenters. The molecule has 0 aliphatic carbocycles. The van der Waals surface area contributed by atoms with Crippen molar-refractivity contribution >= 4 is 22.8 Å². The summed E-state index contributed by atoms with van der Waals surface area (Å²) in [6.07, 6.45) is 0.776. The summed E-state index contributed by atoms with van der Waals surface area (Å²) in [6.45, 7) is 4.06. The van der Waals surface area contributed by atoms with Crippen molar-refractivity contribution in [2.75, 3.05) is 0 Å². The molecule has 1 aromatic carbocycles. The van der Waals surface area contributed by atoms with Gasteiger partial charge in [0, 0.05) is 6.04 Å². The highest BCUT2D eigenvalue weighted by Gasteiger charge is 2.19. The Hall–Kier alpha value is -1.98.